The van der Waals surface area contributed by atoms with Gasteiger partial charge < -0.3 is 9.47 Å². The molecule has 2 aromatic rings. The number of carbonyl (C=O) groups excluding carboxylic acids is 1. The minimum absolute atomic E-state index is 0.191. The Morgan fingerprint density at radius 1 is 1.14 bits per heavy atom. The molecule has 2 saturated heterocycles. The number of hydrogen-bond donors (Lipinski definition) is 0. The third-order valence-corrected chi connectivity index (χ3v) is 5.55. The predicted molar refractivity (Wildman–Crippen MR) is 99.1 cm³/mol. The predicted octanol–water partition coefficient (Wildman–Crippen LogP) is 3.22. The molecule has 7 heteroatoms. The molecule has 2 aromatic carbocycles. The Labute approximate surface area is 162 Å². The van der Waals surface area contributed by atoms with Crippen LogP contribution in [-0.4, -0.2) is 54.8 Å². The number of piperazine rings is 1. The maximum absolute atomic E-state index is 14.4. The van der Waals surface area contributed by atoms with E-state index in [2.05, 4.69) is 0 Å². The van der Waals surface area contributed by atoms with Crippen LogP contribution in [0.4, 0.5) is 13.6 Å². The van der Waals surface area contributed by atoms with Crippen molar-refractivity contribution in [2.45, 2.75) is 18.5 Å². The van der Waals surface area contributed by atoms with Crippen molar-refractivity contribution in [3.63, 3.8) is 0 Å². The second-order valence-corrected chi connectivity index (χ2v) is 7.35. The molecule has 2 aliphatic heterocycles. The van der Waals surface area contributed by atoms with Gasteiger partial charge in [-0.15, -0.1) is 0 Å². The minimum atomic E-state index is -0.896. The van der Waals surface area contributed by atoms with Crippen LogP contribution in [0.5, 0.6) is 5.75 Å². The lowest BCUT2D eigenvalue weighted by atomic mass is 9.88. The largest absolute Gasteiger partial charge is 0.496 e. The molecule has 0 aliphatic carbocycles. The van der Waals surface area contributed by atoms with E-state index in [1.165, 1.54) is 13.2 Å². The highest BCUT2D eigenvalue weighted by Gasteiger charge is 2.50. The van der Waals surface area contributed by atoms with Crippen molar-refractivity contribution in [1.82, 2.24) is 9.80 Å². The number of halogens is 2. The van der Waals surface area contributed by atoms with E-state index in [1.54, 1.807) is 4.90 Å². The van der Waals surface area contributed by atoms with Gasteiger partial charge in [0.2, 0.25) is 0 Å². The minimum Gasteiger partial charge on any atom is -0.496 e. The van der Waals surface area contributed by atoms with Crippen LogP contribution in [0.15, 0.2) is 42.5 Å². The van der Waals surface area contributed by atoms with Gasteiger partial charge in [0.1, 0.15) is 12.4 Å². The SMILES string of the molecule is COc1ccc(F)c(F)c1CN1CCN2C(=O)OCC2(Cc2ccccc2)C1. The standard InChI is InChI=1S/C21H22F2N2O3/c1-27-18-8-7-17(22)19(23)16(18)12-24-9-10-25-20(26)28-14-21(25,13-24)11-15-5-3-2-4-6-15/h2-8H,9-14H2,1H3. The number of methoxy groups -OCH3 is 1. The van der Waals surface area contributed by atoms with Gasteiger partial charge in [-0.05, 0) is 17.7 Å². The van der Waals surface area contributed by atoms with Crippen LogP contribution in [0, 0.1) is 11.6 Å². The lowest BCUT2D eigenvalue weighted by molar-refractivity contribution is 0.0466. The molecule has 0 saturated carbocycles. The number of benzene rings is 2. The number of carbonyl (C=O) groups is 1. The van der Waals surface area contributed by atoms with E-state index in [9.17, 15) is 13.6 Å². The van der Waals surface area contributed by atoms with E-state index in [0.29, 0.717) is 31.8 Å². The molecule has 2 heterocycles. The first-order chi connectivity index (χ1) is 13.5. The third kappa shape index (κ3) is 3.30. The number of amides is 1. The van der Waals surface area contributed by atoms with E-state index >= 15 is 0 Å². The van der Waals surface area contributed by atoms with Crippen LogP contribution < -0.4 is 4.74 Å². The lowest BCUT2D eigenvalue weighted by Crippen LogP contribution is -2.62. The second kappa shape index (κ2) is 7.39. The van der Waals surface area contributed by atoms with Crippen molar-refractivity contribution in [3.8, 4) is 5.75 Å². The smallest absolute Gasteiger partial charge is 0.410 e. The van der Waals surface area contributed by atoms with Gasteiger partial charge >= 0.3 is 6.09 Å². The van der Waals surface area contributed by atoms with Gasteiger partial charge in [-0.2, -0.15) is 0 Å². The molecular weight excluding hydrogens is 366 g/mol. The zero-order valence-electron chi connectivity index (χ0n) is 15.7. The van der Waals surface area contributed by atoms with Crippen LogP contribution in [-0.2, 0) is 17.7 Å². The topological polar surface area (TPSA) is 42.0 Å². The summed E-state index contributed by atoms with van der Waals surface area (Å²) in [6.45, 7) is 2.01. The molecular formula is C21H22F2N2O3. The Bertz CT molecular complexity index is 877. The third-order valence-electron chi connectivity index (χ3n) is 5.55. The average molecular weight is 388 g/mol. The van der Waals surface area contributed by atoms with Crippen molar-refractivity contribution in [3.05, 3.63) is 65.2 Å². The van der Waals surface area contributed by atoms with E-state index in [0.717, 1.165) is 11.6 Å². The molecule has 2 fully saturated rings. The zero-order valence-corrected chi connectivity index (χ0v) is 15.7. The summed E-state index contributed by atoms with van der Waals surface area (Å²) in [4.78, 5) is 16.0. The number of nitrogens with zero attached hydrogens (tertiary/aromatic N) is 2. The summed E-state index contributed by atoms with van der Waals surface area (Å²) >= 11 is 0. The van der Waals surface area contributed by atoms with Gasteiger partial charge in [-0.25, -0.2) is 13.6 Å². The van der Waals surface area contributed by atoms with Crippen molar-refractivity contribution in [2.24, 2.45) is 0 Å². The maximum atomic E-state index is 14.4. The first kappa shape index (κ1) is 18.7. The second-order valence-electron chi connectivity index (χ2n) is 7.35. The Balaban J connectivity index is 1.60. The highest BCUT2D eigenvalue weighted by Crippen LogP contribution is 2.34. The summed E-state index contributed by atoms with van der Waals surface area (Å²) in [6, 6.07) is 12.4. The van der Waals surface area contributed by atoms with E-state index < -0.39 is 17.2 Å². The Morgan fingerprint density at radius 2 is 1.93 bits per heavy atom. The molecule has 0 aromatic heterocycles. The van der Waals surface area contributed by atoms with Gasteiger partial charge in [0.15, 0.2) is 11.6 Å². The average Bonchev–Trinajstić information content (AvgIpc) is 3.02. The van der Waals surface area contributed by atoms with E-state index in [1.807, 2.05) is 35.2 Å². The first-order valence-corrected chi connectivity index (χ1v) is 9.24. The Hall–Kier alpha value is -2.67. The van der Waals surface area contributed by atoms with Crippen molar-refractivity contribution in [2.75, 3.05) is 33.4 Å². The van der Waals surface area contributed by atoms with Crippen LogP contribution >= 0.6 is 0 Å². The molecule has 1 atom stereocenters. The number of hydrogen-bond acceptors (Lipinski definition) is 4. The van der Waals surface area contributed by atoms with E-state index in [-0.39, 0.29) is 24.8 Å². The van der Waals surface area contributed by atoms with Crippen LogP contribution in [0.25, 0.3) is 0 Å². The maximum Gasteiger partial charge on any atom is 0.410 e. The molecule has 28 heavy (non-hydrogen) atoms. The summed E-state index contributed by atoms with van der Waals surface area (Å²) in [5.74, 6) is -1.47. The Kier molecular flexibility index (Phi) is 4.93. The van der Waals surface area contributed by atoms with Gasteiger partial charge in [-0.1, -0.05) is 30.3 Å². The highest BCUT2D eigenvalue weighted by molar-refractivity contribution is 5.71. The highest BCUT2D eigenvalue weighted by atomic mass is 19.2. The van der Waals surface area contributed by atoms with Crippen molar-refractivity contribution < 1.29 is 23.0 Å². The molecule has 1 amide bonds. The molecule has 0 bridgehead atoms. The summed E-state index contributed by atoms with van der Waals surface area (Å²) in [6.07, 6.45) is 0.323. The summed E-state index contributed by atoms with van der Waals surface area (Å²) in [5, 5.41) is 0. The number of ether oxygens (including phenoxy) is 2. The van der Waals surface area contributed by atoms with Gasteiger partial charge in [0.25, 0.3) is 0 Å². The summed E-state index contributed by atoms with van der Waals surface area (Å²) in [7, 11) is 1.44. The normalized spacial score (nSPS) is 22.1. The molecule has 0 spiro atoms. The van der Waals surface area contributed by atoms with Crippen LogP contribution in [0.2, 0.25) is 0 Å². The Morgan fingerprint density at radius 3 is 2.68 bits per heavy atom. The first-order valence-electron chi connectivity index (χ1n) is 9.24. The van der Waals surface area contributed by atoms with Gasteiger partial charge in [-0.3, -0.25) is 9.80 Å². The fraction of sp³-hybridized carbons (Fsp3) is 0.381. The molecule has 0 radical (unpaired) electrons. The van der Waals surface area contributed by atoms with Crippen LogP contribution in [0.3, 0.4) is 0 Å². The van der Waals surface area contributed by atoms with Gasteiger partial charge in [0, 0.05) is 38.2 Å². The van der Waals surface area contributed by atoms with E-state index in [4.69, 9.17) is 9.47 Å². The summed E-state index contributed by atoms with van der Waals surface area (Å²) in [5.41, 5.74) is 0.770. The molecule has 2 aliphatic rings. The quantitative estimate of drug-likeness (QED) is 0.789. The van der Waals surface area contributed by atoms with Gasteiger partial charge in [0.05, 0.1) is 12.6 Å². The number of cyclic esters (lactones) is 1. The summed E-state index contributed by atoms with van der Waals surface area (Å²) < 4.78 is 38.8. The molecule has 4 rings (SSSR count). The van der Waals surface area contributed by atoms with Crippen molar-refractivity contribution >= 4 is 6.09 Å². The molecule has 1 unspecified atom stereocenters. The fourth-order valence-electron chi connectivity index (χ4n) is 4.19. The monoisotopic (exact) mass is 388 g/mol. The number of fused-ring (bicyclic) bond motifs is 1. The lowest BCUT2D eigenvalue weighted by Gasteiger charge is -2.45. The molecule has 5 nitrogen and oxygen atoms in total. The fourth-order valence-corrected chi connectivity index (χ4v) is 4.19. The van der Waals surface area contributed by atoms with Crippen molar-refractivity contribution in [1.29, 1.82) is 0 Å². The molecule has 148 valence electrons. The van der Waals surface area contributed by atoms with Crippen LogP contribution in [0.1, 0.15) is 11.1 Å². The zero-order chi connectivity index (χ0) is 19.7. The number of rotatable bonds is 5. The molecule has 0 N–H and O–H groups in total.